The SMILES string of the molecule is CC(=O)Nc1ccccc1C(=O)[C@H](c1ccccc1)[C@@]1(c2ccccc2)C=C(C)C(=O)O1. The summed E-state index contributed by atoms with van der Waals surface area (Å²) < 4.78 is 5.99. The summed E-state index contributed by atoms with van der Waals surface area (Å²) in [4.78, 5) is 38.5. The van der Waals surface area contributed by atoms with Gasteiger partial charge in [0.2, 0.25) is 5.91 Å². The van der Waals surface area contributed by atoms with Crippen molar-refractivity contribution in [3.05, 3.63) is 113 Å². The van der Waals surface area contributed by atoms with Crippen molar-refractivity contribution in [2.24, 2.45) is 0 Å². The predicted molar refractivity (Wildman–Crippen MR) is 122 cm³/mol. The molecule has 3 aromatic carbocycles. The molecule has 1 amide bonds. The van der Waals surface area contributed by atoms with E-state index in [1.165, 1.54) is 6.92 Å². The Kier molecular flexibility index (Phi) is 5.73. The number of Topliss-reactive ketones (excluding diaryl/α,β-unsaturated/α-hetero) is 1. The summed E-state index contributed by atoms with van der Waals surface area (Å²) in [6, 6.07) is 25.4. The van der Waals surface area contributed by atoms with Gasteiger partial charge in [0.1, 0.15) is 0 Å². The smallest absolute Gasteiger partial charge is 0.334 e. The minimum absolute atomic E-state index is 0.261. The second kappa shape index (κ2) is 8.63. The largest absolute Gasteiger partial charge is 0.445 e. The van der Waals surface area contributed by atoms with Crippen molar-refractivity contribution in [1.82, 2.24) is 0 Å². The van der Waals surface area contributed by atoms with Gasteiger partial charge in [0.05, 0.1) is 11.6 Å². The molecule has 0 bridgehead atoms. The molecule has 0 unspecified atom stereocenters. The van der Waals surface area contributed by atoms with Crippen molar-refractivity contribution in [1.29, 1.82) is 0 Å². The normalized spacial score (nSPS) is 18.4. The van der Waals surface area contributed by atoms with Gasteiger partial charge in [-0.2, -0.15) is 0 Å². The van der Waals surface area contributed by atoms with E-state index >= 15 is 0 Å². The van der Waals surface area contributed by atoms with E-state index in [4.69, 9.17) is 4.74 Å². The summed E-state index contributed by atoms with van der Waals surface area (Å²) in [5.74, 6) is -1.86. The summed E-state index contributed by atoms with van der Waals surface area (Å²) in [5, 5.41) is 2.74. The van der Waals surface area contributed by atoms with Crippen molar-refractivity contribution in [2.75, 3.05) is 5.32 Å². The number of ether oxygens (including phenoxy) is 1. The molecule has 0 saturated carbocycles. The molecule has 0 saturated heterocycles. The first-order chi connectivity index (χ1) is 15.4. The molecule has 4 rings (SSSR count). The molecule has 0 spiro atoms. The lowest BCUT2D eigenvalue weighted by Crippen LogP contribution is -2.38. The minimum atomic E-state index is -1.32. The Hall–Kier alpha value is -3.99. The third kappa shape index (κ3) is 3.85. The van der Waals surface area contributed by atoms with Crippen molar-refractivity contribution < 1.29 is 19.1 Å². The molecular formula is C27H23NO4. The second-order valence-corrected chi connectivity index (χ2v) is 7.81. The van der Waals surface area contributed by atoms with E-state index in [1.54, 1.807) is 37.3 Å². The predicted octanol–water partition coefficient (Wildman–Crippen LogP) is 5.01. The average molecular weight is 425 g/mol. The molecule has 1 aliphatic rings. The van der Waals surface area contributed by atoms with E-state index in [-0.39, 0.29) is 11.7 Å². The first kappa shape index (κ1) is 21.2. The molecule has 160 valence electrons. The number of rotatable bonds is 6. The van der Waals surface area contributed by atoms with Gasteiger partial charge in [-0.05, 0) is 30.7 Å². The van der Waals surface area contributed by atoms with E-state index in [0.717, 1.165) is 0 Å². The number of amides is 1. The number of cyclic esters (lactones) is 1. The van der Waals surface area contributed by atoms with Crippen molar-refractivity contribution in [3.8, 4) is 0 Å². The minimum Gasteiger partial charge on any atom is -0.445 e. The molecule has 0 fully saturated rings. The van der Waals surface area contributed by atoms with Crippen LogP contribution in [-0.2, 0) is 19.9 Å². The highest BCUT2D eigenvalue weighted by Gasteiger charge is 2.51. The monoisotopic (exact) mass is 425 g/mol. The number of para-hydroxylation sites is 1. The Morgan fingerprint density at radius 1 is 0.875 bits per heavy atom. The average Bonchev–Trinajstić information content (AvgIpc) is 3.10. The zero-order valence-electron chi connectivity index (χ0n) is 17.9. The third-order valence-corrected chi connectivity index (χ3v) is 5.57. The van der Waals surface area contributed by atoms with Gasteiger partial charge >= 0.3 is 5.97 Å². The van der Waals surface area contributed by atoms with E-state index in [0.29, 0.717) is 28.0 Å². The van der Waals surface area contributed by atoms with Crippen LogP contribution in [0.15, 0.2) is 96.6 Å². The van der Waals surface area contributed by atoms with Gasteiger partial charge in [0.25, 0.3) is 0 Å². The molecule has 0 aliphatic carbocycles. The fraction of sp³-hybridized carbons (Fsp3) is 0.148. The number of carbonyl (C=O) groups excluding carboxylic acids is 3. The van der Waals surface area contributed by atoms with E-state index in [2.05, 4.69) is 5.32 Å². The van der Waals surface area contributed by atoms with Crippen LogP contribution in [0.5, 0.6) is 0 Å². The molecule has 0 radical (unpaired) electrons. The first-order valence-electron chi connectivity index (χ1n) is 10.4. The Morgan fingerprint density at radius 2 is 1.47 bits per heavy atom. The molecule has 0 aromatic heterocycles. The van der Waals surface area contributed by atoms with Crippen molar-refractivity contribution >= 4 is 23.3 Å². The molecule has 5 heteroatoms. The lowest BCUT2D eigenvalue weighted by atomic mass is 9.73. The number of ketones is 1. The summed E-state index contributed by atoms with van der Waals surface area (Å²) in [5.41, 5.74) is 1.30. The van der Waals surface area contributed by atoms with Gasteiger partial charge in [0.15, 0.2) is 11.4 Å². The lowest BCUT2D eigenvalue weighted by molar-refractivity contribution is -0.148. The fourth-order valence-corrected chi connectivity index (χ4v) is 4.19. The van der Waals surface area contributed by atoms with Crippen LogP contribution >= 0.6 is 0 Å². The zero-order valence-corrected chi connectivity index (χ0v) is 17.9. The van der Waals surface area contributed by atoms with Crippen LogP contribution in [0.25, 0.3) is 0 Å². The maximum Gasteiger partial charge on any atom is 0.334 e. The van der Waals surface area contributed by atoms with Crippen LogP contribution < -0.4 is 5.32 Å². The Morgan fingerprint density at radius 3 is 2.06 bits per heavy atom. The quantitative estimate of drug-likeness (QED) is 0.445. The van der Waals surface area contributed by atoms with Crippen LogP contribution in [0, 0.1) is 0 Å². The number of carbonyl (C=O) groups is 3. The molecule has 32 heavy (non-hydrogen) atoms. The summed E-state index contributed by atoms with van der Waals surface area (Å²) >= 11 is 0. The second-order valence-electron chi connectivity index (χ2n) is 7.81. The maximum atomic E-state index is 14.2. The lowest BCUT2D eigenvalue weighted by Gasteiger charge is -2.35. The number of nitrogens with one attached hydrogen (secondary N) is 1. The van der Waals surface area contributed by atoms with Crippen LogP contribution in [-0.4, -0.2) is 17.7 Å². The maximum absolute atomic E-state index is 14.2. The third-order valence-electron chi connectivity index (χ3n) is 5.57. The molecule has 3 aromatic rings. The molecule has 1 N–H and O–H groups in total. The Balaban J connectivity index is 1.95. The molecule has 5 nitrogen and oxygen atoms in total. The highest BCUT2D eigenvalue weighted by atomic mass is 16.6. The van der Waals surface area contributed by atoms with E-state index < -0.39 is 17.5 Å². The summed E-state index contributed by atoms with van der Waals surface area (Å²) in [6.07, 6.45) is 1.74. The number of hydrogen-bond acceptors (Lipinski definition) is 4. The number of esters is 1. The Bertz CT molecular complexity index is 1200. The Labute approximate surface area is 186 Å². The fourth-order valence-electron chi connectivity index (χ4n) is 4.19. The number of anilines is 1. The van der Waals surface area contributed by atoms with Crippen LogP contribution in [0.3, 0.4) is 0 Å². The first-order valence-corrected chi connectivity index (χ1v) is 10.4. The number of hydrogen-bond donors (Lipinski definition) is 1. The van der Waals surface area contributed by atoms with Gasteiger partial charge < -0.3 is 10.1 Å². The van der Waals surface area contributed by atoms with Gasteiger partial charge in [0, 0.05) is 23.6 Å². The van der Waals surface area contributed by atoms with E-state index in [1.807, 2.05) is 60.7 Å². The van der Waals surface area contributed by atoms with Crippen LogP contribution in [0.1, 0.15) is 41.3 Å². The topological polar surface area (TPSA) is 72.5 Å². The van der Waals surface area contributed by atoms with Crippen LogP contribution in [0.2, 0.25) is 0 Å². The van der Waals surface area contributed by atoms with Gasteiger partial charge in [-0.25, -0.2) is 4.79 Å². The standard InChI is InChI=1S/C27H23NO4/c1-18-17-27(32-26(18)31,21-13-7-4-8-14-21)24(20-11-5-3-6-12-20)25(30)22-15-9-10-16-23(22)28-19(2)29/h3-17,24H,1-2H3,(H,28,29)/t24-,27-/m0/s1. The zero-order chi connectivity index (χ0) is 22.7. The van der Waals surface area contributed by atoms with Crippen molar-refractivity contribution in [2.45, 2.75) is 25.4 Å². The summed E-state index contributed by atoms with van der Waals surface area (Å²) in [6.45, 7) is 3.08. The van der Waals surface area contributed by atoms with Crippen molar-refractivity contribution in [3.63, 3.8) is 0 Å². The summed E-state index contributed by atoms with van der Waals surface area (Å²) in [7, 11) is 0. The van der Waals surface area contributed by atoms with Gasteiger partial charge in [-0.3, -0.25) is 9.59 Å². The molecular weight excluding hydrogens is 402 g/mol. The van der Waals surface area contributed by atoms with E-state index in [9.17, 15) is 14.4 Å². The van der Waals surface area contributed by atoms with Gasteiger partial charge in [-0.1, -0.05) is 72.8 Å². The highest BCUT2D eigenvalue weighted by molar-refractivity contribution is 6.09. The number of benzene rings is 3. The molecule has 2 atom stereocenters. The van der Waals surface area contributed by atoms with Crippen LogP contribution in [0.4, 0.5) is 5.69 Å². The molecule has 1 aliphatic heterocycles. The van der Waals surface area contributed by atoms with Gasteiger partial charge in [-0.15, -0.1) is 0 Å². The molecule has 1 heterocycles. The highest BCUT2D eigenvalue weighted by Crippen LogP contribution is 2.48.